The van der Waals surface area contributed by atoms with E-state index in [4.69, 9.17) is 5.73 Å². The molecular formula is C9H10FN3O3. The smallest absolute Gasteiger partial charge is 0.330 e. The molecule has 0 radical (unpaired) electrons. The Morgan fingerprint density at radius 3 is 2.56 bits per heavy atom. The van der Waals surface area contributed by atoms with Crippen molar-refractivity contribution in [3.8, 4) is 5.75 Å². The normalized spacial score (nSPS) is 9.38. The van der Waals surface area contributed by atoms with Gasteiger partial charge in [0.25, 0.3) is 5.91 Å². The molecule has 0 heterocycles. The van der Waals surface area contributed by atoms with Gasteiger partial charge >= 0.3 is 6.03 Å². The number of nitrogens with one attached hydrogen (secondary N) is 2. The van der Waals surface area contributed by atoms with E-state index >= 15 is 0 Å². The zero-order valence-corrected chi connectivity index (χ0v) is 8.41. The first-order valence-electron chi connectivity index (χ1n) is 4.24. The molecule has 7 heteroatoms. The quantitative estimate of drug-likeness (QED) is 0.627. The zero-order chi connectivity index (χ0) is 12.1. The van der Waals surface area contributed by atoms with Gasteiger partial charge in [-0.25, -0.2) is 14.6 Å². The Morgan fingerprint density at radius 1 is 1.38 bits per heavy atom. The predicted molar refractivity (Wildman–Crippen MR) is 53.1 cm³/mol. The number of ether oxygens (including phenoxy) is 1. The second-order valence-electron chi connectivity index (χ2n) is 2.79. The van der Waals surface area contributed by atoms with E-state index in [-0.39, 0.29) is 11.3 Å². The summed E-state index contributed by atoms with van der Waals surface area (Å²) >= 11 is 0. The van der Waals surface area contributed by atoms with Crippen LogP contribution in [0.4, 0.5) is 9.18 Å². The van der Waals surface area contributed by atoms with E-state index in [2.05, 4.69) is 4.74 Å². The first-order valence-corrected chi connectivity index (χ1v) is 4.24. The fraction of sp³-hybridized carbons (Fsp3) is 0.111. The molecular weight excluding hydrogens is 217 g/mol. The van der Waals surface area contributed by atoms with Gasteiger partial charge in [-0.15, -0.1) is 0 Å². The summed E-state index contributed by atoms with van der Waals surface area (Å²) < 4.78 is 17.9. The Hall–Kier alpha value is -2.31. The third-order valence-electron chi connectivity index (χ3n) is 1.71. The van der Waals surface area contributed by atoms with Crippen LogP contribution in [-0.4, -0.2) is 19.0 Å². The zero-order valence-electron chi connectivity index (χ0n) is 8.41. The van der Waals surface area contributed by atoms with Crippen molar-refractivity contribution in [1.82, 2.24) is 10.9 Å². The summed E-state index contributed by atoms with van der Waals surface area (Å²) in [4.78, 5) is 21.6. The molecule has 1 rings (SSSR count). The first kappa shape index (κ1) is 11.8. The number of hydrazine groups is 1. The van der Waals surface area contributed by atoms with Gasteiger partial charge in [-0.2, -0.15) is 0 Å². The summed E-state index contributed by atoms with van der Waals surface area (Å²) in [6.07, 6.45) is 0. The number of rotatable bonds is 2. The Bertz CT molecular complexity index is 422. The Balaban J connectivity index is 2.77. The van der Waals surface area contributed by atoms with Crippen LogP contribution in [0.1, 0.15) is 10.4 Å². The third kappa shape index (κ3) is 2.84. The molecule has 0 aromatic heterocycles. The fourth-order valence-corrected chi connectivity index (χ4v) is 0.998. The number of hydrogen-bond acceptors (Lipinski definition) is 3. The molecule has 3 amide bonds. The Kier molecular flexibility index (Phi) is 3.65. The van der Waals surface area contributed by atoms with Gasteiger partial charge < -0.3 is 10.5 Å². The van der Waals surface area contributed by atoms with Crippen LogP contribution in [0.2, 0.25) is 0 Å². The summed E-state index contributed by atoms with van der Waals surface area (Å²) in [6.45, 7) is 0. The van der Waals surface area contributed by atoms with E-state index in [0.717, 1.165) is 6.07 Å². The molecule has 0 aliphatic carbocycles. The highest BCUT2D eigenvalue weighted by molar-refractivity contribution is 5.95. The lowest BCUT2D eigenvalue weighted by molar-refractivity contribution is 0.0937. The number of benzene rings is 1. The first-order chi connectivity index (χ1) is 7.54. The van der Waals surface area contributed by atoms with Crippen molar-refractivity contribution < 1.29 is 18.7 Å². The molecule has 86 valence electrons. The van der Waals surface area contributed by atoms with Gasteiger partial charge in [0.15, 0.2) is 11.6 Å². The number of methoxy groups -OCH3 is 1. The molecule has 1 aromatic rings. The van der Waals surface area contributed by atoms with Gasteiger partial charge in [-0.1, -0.05) is 0 Å². The highest BCUT2D eigenvalue weighted by atomic mass is 19.1. The van der Waals surface area contributed by atoms with Gasteiger partial charge in [0, 0.05) is 5.56 Å². The maximum Gasteiger partial charge on any atom is 0.330 e. The van der Waals surface area contributed by atoms with Crippen LogP contribution in [0.5, 0.6) is 5.75 Å². The molecule has 1 aromatic carbocycles. The van der Waals surface area contributed by atoms with E-state index in [1.807, 2.05) is 10.9 Å². The number of nitrogens with two attached hydrogens (primary N) is 1. The monoisotopic (exact) mass is 227 g/mol. The van der Waals surface area contributed by atoms with Crippen LogP contribution in [0, 0.1) is 5.82 Å². The Labute approximate surface area is 90.5 Å². The molecule has 0 aliphatic rings. The number of carbonyl (C=O) groups is 2. The van der Waals surface area contributed by atoms with Crippen LogP contribution in [-0.2, 0) is 0 Å². The number of primary amides is 1. The lowest BCUT2D eigenvalue weighted by Crippen LogP contribution is -2.44. The summed E-state index contributed by atoms with van der Waals surface area (Å²) in [5.41, 5.74) is 8.64. The molecule has 4 N–H and O–H groups in total. The van der Waals surface area contributed by atoms with Gasteiger partial charge in [0.1, 0.15) is 0 Å². The molecule has 0 bridgehead atoms. The van der Waals surface area contributed by atoms with Gasteiger partial charge in [0.05, 0.1) is 7.11 Å². The van der Waals surface area contributed by atoms with E-state index < -0.39 is 17.8 Å². The van der Waals surface area contributed by atoms with E-state index in [1.165, 1.54) is 19.2 Å². The summed E-state index contributed by atoms with van der Waals surface area (Å²) in [5, 5.41) is 0. The van der Waals surface area contributed by atoms with Crippen molar-refractivity contribution in [1.29, 1.82) is 0 Å². The molecule has 0 aliphatic heterocycles. The van der Waals surface area contributed by atoms with Crippen molar-refractivity contribution in [3.63, 3.8) is 0 Å². The van der Waals surface area contributed by atoms with Crippen LogP contribution < -0.4 is 21.3 Å². The lowest BCUT2D eigenvalue weighted by atomic mass is 10.2. The second-order valence-corrected chi connectivity index (χ2v) is 2.79. The van der Waals surface area contributed by atoms with Crippen LogP contribution in [0.3, 0.4) is 0 Å². The average Bonchev–Trinajstić information content (AvgIpc) is 2.25. The van der Waals surface area contributed by atoms with Crippen LogP contribution >= 0.6 is 0 Å². The topological polar surface area (TPSA) is 93.4 Å². The van der Waals surface area contributed by atoms with E-state index in [1.54, 1.807) is 0 Å². The van der Waals surface area contributed by atoms with Crippen molar-refractivity contribution in [2.75, 3.05) is 7.11 Å². The fourth-order valence-electron chi connectivity index (χ4n) is 0.998. The number of amides is 3. The number of carbonyl (C=O) groups excluding carboxylic acids is 2. The van der Waals surface area contributed by atoms with Crippen molar-refractivity contribution in [3.05, 3.63) is 29.6 Å². The summed E-state index contributed by atoms with van der Waals surface area (Å²) in [6, 6.07) is 2.72. The molecule has 16 heavy (non-hydrogen) atoms. The summed E-state index contributed by atoms with van der Waals surface area (Å²) in [7, 11) is 1.31. The van der Waals surface area contributed by atoms with Gasteiger partial charge in [-0.05, 0) is 18.2 Å². The highest BCUT2D eigenvalue weighted by Crippen LogP contribution is 2.17. The van der Waals surface area contributed by atoms with Gasteiger partial charge in [0.2, 0.25) is 0 Å². The average molecular weight is 227 g/mol. The third-order valence-corrected chi connectivity index (χ3v) is 1.71. The largest absolute Gasteiger partial charge is 0.494 e. The minimum atomic E-state index is -0.915. The van der Waals surface area contributed by atoms with E-state index in [0.29, 0.717) is 0 Å². The van der Waals surface area contributed by atoms with Crippen molar-refractivity contribution >= 4 is 11.9 Å². The Morgan fingerprint density at radius 2 is 2.06 bits per heavy atom. The SMILES string of the molecule is COc1ccc(C(=O)NNC(N)=O)cc1F. The predicted octanol–water partition coefficient (Wildman–Crippen LogP) is 0.147. The molecule has 0 saturated carbocycles. The van der Waals surface area contributed by atoms with Gasteiger partial charge in [-0.3, -0.25) is 10.2 Å². The van der Waals surface area contributed by atoms with Crippen LogP contribution in [0.25, 0.3) is 0 Å². The molecule has 0 atom stereocenters. The lowest BCUT2D eigenvalue weighted by Gasteiger charge is -2.06. The standard InChI is InChI=1S/C9H10FN3O3/c1-16-7-3-2-5(4-6(7)10)8(14)12-13-9(11)15/h2-4H,1H3,(H,12,14)(H3,11,13,15). The second kappa shape index (κ2) is 4.96. The van der Waals surface area contributed by atoms with E-state index in [9.17, 15) is 14.0 Å². The van der Waals surface area contributed by atoms with Crippen molar-refractivity contribution in [2.45, 2.75) is 0 Å². The molecule has 0 fully saturated rings. The molecule has 0 saturated heterocycles. The minimum Gasteiger partial charge on any atom is -0.494 e. The molecule has 6 nitrogen and oxygen atoms in total. The minimum absolute atomic E-state index is 0.0272. The molecule has 0 spiro atoms. The van der Waals surface area contributed by atoms with Crippen LogP contribution in [0.15, 0.2) is 18.2 Å². The summed E-state index contributed by atoms with van der Waals surface area (Å²) in [5.74, 6) is -1.33. The number of urea groups is 1. The number of hydrogen-bond donors (Lipinski definition) is 3. The maximum atomic E-state index is 13.2. The van der Waals surface area contributed by atoms with Crippen molar-refractivity contribution in [2.24, 2.45) is 5.73 Å². The molecule has 0 unspecified atom stereocenters. The maximum absolute atomic E-state index is 13.2. The highest BCUT2D eigenvalue weighted by Gasteiger charge is 2.09. The number of halogens is 1.